The zero-order chi connectivity index (χ0) is 16.0. The molecule has 5 nitrogen and oxygen atoms in total. The minimum absolute atomic E-state index is 0.0479. The molecule has 0 saturated heterocycles. The number of halogens is 3. The molecule has 0 spiro atoms. The lowest BCUT2D eigenvalue weighted by atomic mass is 9.79. The fourth-order valence-electron chi connectivity index (χ4n) is 2.17. The smallest absolute Gasteiger partial charge is 0.396 e. The molecule has 0 aromatic heterocycles. The van der Waals surface area contributed by atoms with E-state index < -0.39 is 29.8 Å². The summed E-state index contributed by atoms with van der Waals surface area (Å²) in [7, 11) is 0. The summed E-state index contributed by atoms with van der Waals surface area (Å²) in [5.74, 6) is -2.21. The van der Waals surface area contributed by atoms with E-state index in [1.54, 1.807) is 5.32 Å². The lowest BCUT2D eigenvalue weighted by Gasteiger charge is -2.42. The lowest BCUT2D eigenvalue weighted by Crippen LogP contribution is -2.65. The van der Waals surface area contributed by atoms with Crippen molar-refractivity contribution in [2.45, 2.75) is 63.5 Å². The molecule has 0 bridgehead atoms. The summed E-state index contributed by atoms with van der Waals surface area (Å²) < 4.78 is 37.2. The fourth-order valence-corrected chi connectivity index (χ4v) is 2.17. The van der Waals surface area contributed by atoms with E-state index in [1.807, 2.05) is 0 Å². The molecule has 0 fully saturated rings. The van der Waals surface area contributed by atoms with Crippen LogP contribution in [0.4, 0.5) is 13.2 Å². The Labute approximate surface area is 115 Å². The number of hydrogen-bond acceptors (Lipinski definition) is 4. The van der Waals surface area contributed by atoms with E-state index in [-0.39, 0.29) is 32.3 Å². The van der Waals surface area contributed by atoms with Gasteiger partial charge in [0.05, 0.1) is 17.7 Å². The summed E-state index contributed by atoms with van der Waals surface area (Å²) in [4.78, 5) is 11.2. The van der Waals surface area contributed by atoms with E-state index in [9.17, 15) is 28.2 Å². The zero-order valence-electron chi connectivity index (χ0n) is 11.6. The summed E-state index contributed by atoms with van der Waals surface area (Å²) in [6.07, 6.45) is -7.81. The van der Waals surface area contributed by atoms with Crippen LogP contribution in [0.15, 0.2) is 0 Å². The molecule has 0 radical (unpaired) electrons. The highest BCUT2D eigenvalue weighted by Gasteiger charge is 2.49. The van der Waals surface area contributed by atoms with Gasteiger partial charge in [-0.15, -0.1) is 0 Å². The highest BCUT2D eigenvalue weighted by Crippen LogP contribution is 2.28. The van der Waals surface area contributed by atoms with Gasteiger partial charge < -0.3 is 20.6 Å². The van der Waals surface area contributed by atoms with Crippen LogP contribution in [0.1, 0.15) is 39.5 Å². The van der Waals surface area contributed by atoms with Crippen molar-refractivity contribution in [3.63, 3.8) is 0 Å². The third kappa shape index (κ3) is 4.60. The van der Waals surface area contributed by atoms with Gasteiger partial charge in [-0.25, -0.2) is 0 Å². The van der Waals surface area contributed by atoms with Crippen molar-refractivity contribution in [2.75, 3.05) is 6.61 Å². The van der Waals surface area contributed by atoms with Crippen molar-refractivity contribution < 1.29 is 33.3 Å². The molecule has 2 unspecified atom stereocenters. The second-order valence-electron chi connectivity index (χ2n) is 4.67. The van der Waals surface area contributed by atoms with Gasteiger partial charge >= 0.3 is 12.1 Å². The second kappa shape index (κ2) is 7.80. The van der Waals surface area contributed by atoms with Gasteiger partial charge in [0, 0.05) is 6.61 Å². The molecule has 1 amide bonds. The first kappa shape index (κ1) is 19.1. The van der Waals surface area contributed by atoms with E-state index in [0.717, 1.165) is 0 Å². The molecule has 0 saturated carbocycles. The molecule has 8 heteroatoms. The number of hydrogen-bond donors (Lipinski definition) is 4. The van der Waals surface area contributed by atoms with Crippen LogP contribution in [0.25, 0.3) is 0 Å². The average molecular weight is 301 g/mol. The van der Waals surface area contributed by atoms with Crippen LogP contribution < -0.4 is 5.32 Å². The fraction of sp³-hybridized carbons (Fsp3) is 0.917. The maximum Gasteiger partial charge on any atom is 0.471 e. The molecule has 0 aromatic carbocycles. The summed E-state index contributed by atoms with van der Waals surface area (Å²) in [5, 5.41) is 30.5. The predicted octanol–water partition coefficient (Wildman–Crippen LogP) is 0.718. The number of amides is 1. The Morgan fingerprint density at radius 1 is 1.15 bits per heavy atom. The van der Waals surface area contributed by atoms with Gasteiger partial charge in [-0.2, -0.15) is 13.2 Å². The molecule has 0 aromatic rings. The van der Waals surface area contributed by atoms with Gasteiger partial charge in [-0.05, 0) is 25.7 Å². The van der Waals surface area contributed by atoms with Gasteiger partial charge in [0.15, 0.2) is 0 Å². The van der Waals surface area contributed by atoms with E-state index >= 15 is 0 Å². The van der Waals surface area contributed by atoms with Crippen molar-refractivity contribution in [3.8, 4) is 0 Å². The van der Waals surface area contributed by atoms with Crippen LogP contribution in [-0.2, 0) is 4.79 Å². The molecule has 2 atom stereocenters. The molecule has 0 aliphatic rings. The number of carbonyl (C=O) groups is 1. The van der Waals surface area contributed by atoms with Gasteiger partial charge in [-0.3, -0.25) is 4.79 Å². The van der Waals surface area contributed by atoms with E-state index in [1.165, 1.54) is 13.8 Å². The lowest BCUT2D eigenvalue weighted by molar-refractivity contribution is -0.180. The Bertz CT molecular complexity index is 300. The first-order chi connectivity index (χ1) is 9.15. The number of nitrogens with one attached hydrogen (secondary N) is 1. The molecule has 0 aliphatic heterocycles. The third-order valence-electron chi connectivity index (χ3n) is 3.31. The minimum Gasteiger partial charge on any atom is -0.396 e. The van der Waals surface area contributed by atoms with Crippen LogP contribution in [-0.4, -0.2) is 51.8 Å². The van der Waals surface area contributed by atoms with Crippen LogP contribution >= 0.6 is 0 Å². The Morgan fingerprint density at radius 2 is 1.60 bits per heavy atom. The summed E-state index contributed by atoms with van der Waals surface area (Å²) >= 11 is 0. The molecule has 120 valence electrons. The normalized spacial score (nSPS) is 18.2. The third-order valence-corrected chi connectivity index (χ3v) is 3.31. The Kier molecular flexibility index (Phi) is 7.46. The van der Waals surface area contributed by atoms with Gasteiger partial charge in [0.2, 0.25) is 0 Å². The summed E-state index contributed by atoms with van der Waals surface area (Å²) in [6.45, 7) is 2.73. The van der Waals surface area contributed by atoms with E-state index in [4.69, 9.17) is 5.11 Å². The Hall–Kier alpha value is -0.860. The molecular formula is C12H22F3NO4. The minimum atomic E-state index is -5.11. The van der Waals surface area contributed by atoms with Crippen molar-refractivity contribution in [1.82, 2.24) is 5.32 Å². The molecule has 20 heavy (non-hydrogen) atoms. The maximum absolute atomic E-state index is 12.4. The molecular weight excluding hydrogens is 279 g/mol. The number of aliphatic hydroxyl groups is 3. The highest BCUT2D eigenvalue weighted by atomic mass is 19.4. The number of alkyl halides is 3. The van der Waals surface area contributed by atoms with Crippen molar-refractivity contribution in [2.24, 2.45) is 0 Å². The number of aliphatic hydroxyl groups excluding tert-OH is 3. The molecule has 4 N–H and O–H groups in total. The first-order valence-corrected chi connectivity index (χ1v) is 6.52. The van der Waals surface area contributed by atoms with Gasteiger partial charge in [-0.1, -0.05) is 13.8 Å². The predicted molar refractivity (Wildman–Crippen MR) is 65.8 cm³/mol. The zero-order valence-corrected chi connectivity index (χ0v) is 11.6. The largest absolute Gasteiger partial charge is 0.471 e. The summed E-state index contributed by atoms with van der Waals surface area (Å²) in [6, 6.07) is 0. The Morgan fingerprint density at radius 3 is 1.90 bits per heavy atom. The first-order valence-electron chi connectivity index (χ1n) is 6.52. The van der Waals surface area contributed by atoms with Crippen molar-refractivity contribution in [3.05, 3.63) is 0 Å². The monoisotopic (exact) mass is 301 g/mol. The topological polar surface area (TPSA) is 89.8 Å². The summed E-state index contributed by atoms with van der Waals surface area (Å²) in [5.41, 5.74) is -1.82. The van der Waals surface area contributed by atoms with Crippen LogP contribution in [0.2, 0.25) is 0 Å². The van der Waals surface area contributed by atoms with Crippen LogP contribution in [0.5, 0.6) is 0 Å². The Balaban J connectivity index is 5.42. The SMILES string of the molecule is CCC(O)C(CCCO)(NC(=O)C(F)(F)F)C(O)CC. The van der Waals surface area contributed by atoms with Crippen molar-refractivity contribution >= 4 is 5.91 Å². The average Bonchev–Trinajstić information content (AvgIpc) is 2.40. The molecule has 0 heterocycles. The van der Waals surface area contributed by atoms with E-state index in [0.29, 0.717) is 0 Å². The van der Waals surface area contributed by atoms with Crippen LogP contribution in [0, 0.1) is 0 Å². The standard InChI is InChI=1S/C12H22F3NO4/c1-3-8(18)11(6-5-7-17,9(19)4-2)16-10(20)12(13,14)15/h8-9,17-19H,3-7H2,1-2H3,(H,16,20). The van der Waals surface area contributed by atoms with Gasteiger partial charge in [0.1, 0.15) is 0 Å². The molecule has 0 aliphatic carbocycles. The maximum atomic E-state index is 12.4. The number of rotatable bonds is 8. The van der Waals surface area contributed by atoms with Crippen LogP contribution in [0.3, 0.4) is 0 Å². The molecule has 0 rings (SSSR count). The second-order valence-corrected chi connectivity index (χ2v) is 4.67. The number of carbonyl (C=O) groups excluding carboxylic acids is 1. The van der Waals surface area contributed by atoms with Gasteiger partial charge in [0.25, 0.3) is 0 Å². The highest BCUT2D eigenvalue weighted by molar-refractivity contribution is 5.82. The van der Waals surface area contributed by atoms with Crippen molar-refractivity contribution in [1.29, 1.82) is 0 Å². The van der Waals surface area contributed by atoms with E-state index in [2.05, 4.69) is 0 Å². The quantitative estimate of drug-likeness (QED) is 0.532.